The van der Waals surface area contributed by atoms with E-state index in [1.807, 2.05) is 6.07 Å². The van der Waals surface area contributed by atoms with Gasteiger partial charge in [-0.25, -0.2) is 0 Å². The van der Waals surface area contributed by atoms with Crippen LogP contribution in [0, 0.1) is 5.41 Å². The molecule has 1 aliphatic rings. The van der Waals surface area contributed by atoms with E-state index in [9.17, 15) is 0 Å². The number of benzene rings is 1. The van der Waals surface area contributed by atoms with Crippen molar-refractivity contribution < 1.29 is 0 Å². The van der Waals surface area contributed by atoms with Crippen LogP contribution in [0.15, 0.2) is 28.7 Å². The Kier molecular flexibility index (Phi) is 3.14. The lowest BCUT2D eigenvalue weighted by Crippen LogP contribution is -2.42. The van der Waals surface area contributed by atoms with Crippen molar-refractivity contribution in [2.24, 2.45) is 11.3 Å². The predicted molar refractivity (Wildman–Crippen MR) is 66.3 cm³/mol. The minimum atomic E-state index is 0.385. The third kappa shape index (κ3) is 2.41. The summed E-state index contributed by atoms with van der Waals surface area (Å²) >= 11 is 3.57. The largest absolute Gasteiger partial charge is 0.271 e. The van der Waals surface area contributed by atoms with Crippen molar-refractivity contribution in [3.63, 3.8) is 0 Å². The van der Waals surface area contributed by atoms with Crippen molar-refractivity contribution in [2.75, 3.05) is 0 Å². The molecule has 1 aliphatic carbocycles. The first-order valence-electron chi connectivity index (χ1n) is 5.35. The maximum atomic E-state index is 5.63. The number of nitrogens with two attached hydrogens (primary N) is 1. The molecule has 3 heteroatoms. The highest BCUT2D eigenvalue weighted by molar-refractivity contribution is 9.10. The second kappa shape index (κ2) is 4.24. The molecule has 1 unspecified atom stereocenters. The topological polar surface area (TPSA) is 38.0 Å². The van der Waals surface area contributed by atoms with Crippen LogP contribution < -0.4 is 11.3 Å². The molecule has 1 saturated carbocycles. The summed E-state index contributed by atoms with van der Waals surface area (Å²) in [6, 6.07) is 8.73. The molecule has 1 aromatic rings. The van der Waals surface area contributed by atoms with Crippen LogP contribution in [0.5, 0.6) is 0 Å². The van der Waals surface area contributed by atoms with Gasteiger partial charge in [0.15, 0.2) is 0 Å². The molecule has 0 bridgehead atoms. The van der Waals surface area contributed by atoms with Gasteiger partial charge in [0.25, 0.3) is 0 Å². The standard InChI is InChI=1S/C12H17BrN2/c1-12(6-7-12)11(15-14)8-9-4-2-3-5-10(9)13/h2-5,11,15H,6-8,14H2,1H3. The molecular weight excluding hydrogens is 252 g/mol. The summed E-state index contributed by atoms with van der Waals surface area (Å²) in [5, 5.41) is 0. The Morgan fingerprint density at radius 2 is 2.13 bits per heavy atom. The summed E-state index contributed by atoms with van der Waals surface area (Å²) in [5.74, 6) is 5.63. The minimum absolute atomic E-state index is 0.385. The Bertz CT molecular complexity index is 347. The first kappa shape index (κ1) is 11.1. The molecule has 0 aromatic heterocycles. The maximum absolute atomic E-state index is 5.63. The van der Waals surface area contributed by atoms with E-state index in [0.717, 1.165) is 6.42 Å². The predicted octanol–water partition coefficient (Wildman–Crippen LogP) is 2.62. The number of nitrogens with one attached hydrogen (secondary N) is 1. The Morgan fingerprint density at radius 1 is 1.47 bits per heavy atom. The van der Waals surface area contributed by atoms with E-state index in [0.29, 0.717) is 11.5 Å². The number of halogens is 1. The smallest absolute Gasteiger partial charge is 0.0305 e. The normalized spacial score (nSPS) is 19.9. The Balaban J connectivity index is 2.10. The minimum Gasteiger partial charge on any atom is -0.271 e. The van der Waals surface area contributed by atoms with E-state index >= 15 is 0 Å². The van der Waals surface area contributed by atoms with Gasteiger partial charge in [-0.1, -0.05) is 41.1 Å². The number of hydrogen-bond donors (Lipinski definition) is 2. The number of hydrazine groups is 1. The molecule has 0 radical (unpaired) electrons. The highest BCUT2D eigenvalue weighted by Crippen LogP contribution is 2.48. The molecule has 2 rings (SSSR count). The highest BCUT2D eigenvalue weighted by atomic mass is 79.9. The molecule has 1 fully saturated rings. The van der Waals surface area contributed by atoms with Crippen molar-refractivity contribution in [1.29, 1.82) is 0 Å². The van der Waals surface area contributed by atoms with Gasteiger partial charge in [-0.3, -0.25) is 11.3 Å². The number of rotatable bonds is 4. The first-order valence-corrected chi connectivity index (χ1v) is 6.14. The second-order valence-corrected chi connectivity index (χ2v) is 5.52. The van der Waals surface area contributed by atoms with Crippen molar-refractivity contribution in [3.05, 3.63) is 34.3 Å². The zero-order valence-corrected chi connectivity index (χ0v) is 10.5. The fourth-order valence-corrected chi connectivity index (χ4v) is 2.38. The quantitative estimate of drug-likeness (QED) is 0.651. The molecule has 0 heterocycles. The van der Waals surface area contributed by atoms with Crippen LogP contribution in [0.4, 0.5) is 0 Å². The Hall–Kier alpha value is -0.380. The fraction of sp³-hybridized carbons (Fsp3) is 0.500. The van der Waals surface area contributed by atoms with Crippen LogP contribution in [0.25, 0.3) is 0 Å². The average molecular weight is 269 g/mol. The monoisotopic (exact) mass is 268 g/mol. The zero-order chi connectivity index (χ0) is 10.9. The van der Waals surface area contributed by atoms with Gasteiger partial charge in [-0.2, -0.15) is 0 Å². The molecule has 0 amide bonds. The highest BCUT2D eigenvalue weighted by Gasteiger charge is 2.44. The summed E-state index contributed by atoms with van der Waals surface area (Å²) in [6.45, 7) is 2.30. The zero-order valence-electron chi connectivity index (χ0n) is 8.96. The maximum Gasteiger partial charge on any atom is 0.0305 e. The summed E-state index contributed by atoms with van der Waals surface area (Å²) in [5.41, 5.74) is 4.69. The molecule has 0 saturated heterocycles. The van der Waals surface area contributed by atoms with Crippen LogP contribution >= 0.6 is 15.9 Å². The van der Waals surface area contributed by atoms with Gasteiger partial charge in [0.1, 0.15) is 0 Å². The van der Waals surface area contributed by atoms with Gasteiger partial charge in [0.2, 0.25) is 0 Å². The SMILES string of the molecule is CC1(C(Cc2ccccc2Br)NN)CC1. The van der Waals surface area contributed by atoms with Gasteiger partial charge in [-0.15, -0.1) is 0 Å². The van der Waals surface area contributed by atoms with Gasteiger partial charge >= 0.3 is 0 Å². The van der Waals surface area contributed by atoms with Crippen LogP contribution in [0.1, 0.15) is 25.3 Å². The fourth-order valence-electron chi connectivity index (χ4n) is 1.94. The average Bonchev–Trinajstić information content (AvgIpc) is 2.96. The van der Waals surface area contributed by atoms with Gasteiger partial charge in [0.05, 0.1) is 0 Å². The van der Waals surface area contributed by atoms with E-state index in [4.69, 9.17) is 5.84 Å². The van der Waals surface area contributed by atoms with Crippen LogP contribution in [0.2, 0.25) is 0 Å². The molecule has 3 N–H and O–H groups in total. The summed E-state index contributed by atoms with van der Waals surface area (Å²) in [6.07, 6.45) is 3.56. The third-order valence-electron chi connectivity index (χ3n) is 3.46. The van der Waals surface area contributed by atoms with Gasteiger partial charge in [-0.05, 0) is 36.3 Å². The van der Waals surface area contributed by atoms with Crippen LogP contribution in [-0.2, 0) is 6.42 Å². The Labute approximate surface area is 99.3 Å². The van der Waals surface area contributed by atoms with E-state index < -0.39 is 0 Å². The summed E-state index contributed by atoms with van der Waals surface area (Å²) < 4.78 is 1.18. The van der Waals surface area contributed by atoms with E-state index in [1.54, 1.807) is 0 Å². The van der Waals surface area contributed by atoms with E-state index in [2.05, 4.69) is 46.5 Å². The lowest BCUT2D eigenvalue weighted by Gasteiger charge is -2.23. The van der Waals surface area contributed by atoms with E-state index in [1.165, 1.54) is 22.9 Å². The summed E-state index contributed by atoms with van der Waals surface area (Å²) in [7, 11) is 0. The molecule has 82 valence electrons. The number of hydrogen-bond acceptors (Lipinski definition) is 2. The van der Waals surface area contributed by atoms with E-state index in [-0.39, 0.29) is 0 Å². The lowest BCUT2D eigenvalue weighted by molar-refractivity contribution is 0.359. The molecule has 0 spiro atoms. The lowest BCUT2D eigenvalue weighted by atomic mass is 9.93. The molecule has 15 heavy (non-hydrogen) atoms. The van der Waals surface area contributed by atoms with Crippen molar-refractivity contribution >= 4 is 15.9 Å². The second-order valence-electron chi connectivity index (χ2n) is 4.67. The van der Waals surface area contributed by atoms with Crippen molar-refractivity contribution in [2.45, 2.75) is 32.2 Å². The third-order valence-corrected chi connectivity index (χ3v) is 4.24. The van der Waals surface area contributed by atoms with Crippen molar-refractivity contribution in [1.82, 2.24) is 5.43 Å². The summed E-state index contributed by atoms with van der Waals surface area (Å²) in [4.78, 5) is 0. The molecule has 1 atom stereocenters. The Morgan fingerprint density at radius 3 is 2.67 bits per heavy atom. The van der Waals surface area contributed by atoms with Gasteiger partial charge < -0.3 is 0 Å². The van der Waals surface area contributed by atoms with Crippen LogP contribution in [0.3, 0.4) is 0 Å². The molecule has 0 aliphatic heterocycles. The molecule has 1 aromatic carbocycles. The molecule has 2 nitrogen and oxygen atoms in total. The first-order chi connectivity index (χ1) is 7.15. The van der Waals surface area contributed by atoms with Crippen molar-refractivity contribution in [3.8, 4) is 0 Å². The molecular formula is C12H17BrN2. The van der Waals surface area contributed by atoms with Crippen LogP contribution in [-0.4, -0.2) is 6.04 Å². The van der Waals surface area contributed by atoms with Gasteiger partial charge in [0, 0.05) is 10.5 Å².